The Bertz CT molecular complexity index is 444. The van der Waals surface area contributed by atoms with Crippen molar-refractivity contribution in [1.82, 2.24) is 0 Å². The van der Waals surface area contributed by atoms with Crippen LogP contribution in [0.5, 0.6) is 0 Å². The zero-order chi connectivity index (χ0) is 14.8. The number of aliphatic hydroxyl groups excluding tert-OH is 1. The molecule has 1 atom stereocenters. The van der Waals surface area contributed by atoms with E-state index in [1.807, 2.05) is 12.1 Å². The van der Waals surface area contributed by atoms with E-state index in [1.165, 1.54) is 31.4 Å². The van der Waals surface area contributed by atoms with Crippen LogP contribution in [0.3, 0.4) is 0 Å². The van der Waals surface area contributed by atoms with E-state index < -0.39 is 6.10 Å². The van der Waals surface area contributed by atoms with Crippen LogP contribution in [0.1, 0.15) is 58.1 Å². The monoisotopic (exact) mass is 339 g/mol. The van der Waals surface area contributed by atoms with Crippen LogP contribution in [0.25, 0.3) is 0 Å². The summed E-state index contributed by atoms with van der Waals surface area (Å²) in [5, 5.41) is 9.65. The predicted molar refractivity (Wildman–Crippen MR) is 89.2 cm³/mol. The van der Waals surface area contributed by atoms with Gasteiger partial charge in [-0.1, -0.05) is 32.8 Å². The highest BCUT2D eigenvalue weighted by Crippen LogP contribution is 2.40. The van der Waals surface area contributed by atoms with E-state index in [0.29, 0.717) is 5.41 Å². The van der Waals surface area contributed by atoms with Crippen LogP contribution in [0.4, 0.5) is 5.69 Å². The Kier molecular flexibility index (Phi) is 5.14. The Balaban J connectivity index is 2.11. The molecule has 1 aromatic carbocycles. The molecular formula is C17H26BrNO. The van der Waals surface area contributed by atoms with Gasteiger partial charge in [-0.2, -0.15) is 0 Å². The minimum absolute atomic E-state index is 0.408. The lowest BCUT2D eigenvalue weighted by Gasteiger charge is -2.42. The molecule has 20 heavy (non-hydrogen) atoms. The fraction of sp³-hybridized carbons (Fsp3) is 0.647. The standard InChI is InChI=1S/C17H26BrNO/c1-4-17(5-2)8-10-19(11-9-17)16-7-6-14(13(3)20)12-15(16)18/h6-7,12-13,20H,4-5,8-11H2,1-3H3/t13-/m1/s1. The third-order valence-corrected chi connectivity index (χ3v) is 5.75. The van der Waals surface area contributed by atoms with E-state index in [2.05, 4.69) is 40.7 Å². The molecule has 0 spiro atoms. The molecule has 2 rings (SSSR count). The summed E-state index contributed by atoms with van der Waals surface area (Å²) < 4.78 is 1.09. The lowest BCUT2D eigenvalue weighted by molar-refractivity contribution is 0.198. The summed E-state index contributed by atoms with van der Waals surface area (Å²) in [5.41, 5.74) is 2.78. The van der Waals surface area contributed by atoms with Gasteiger partial charge in [0.05, 0.1) is 11.8 Å². The highest BCUT2D eigenvalue weighted by atomic mass is 79.9. The Hall–Kier alpha value is -0.540. The zero-order valence-electron chi connectivity index (χ0n) is 12.8. The summed E-state index contributed by atoms with van der Waals surface area (Å²) >= 11 is 3.66. The normalized spacial score (nSPS) is 19.9. The Morgan fingerprint density at radius 1 is 1.25 bits per heavy atom. The molecule has 1 heterocycles. The molecule has 0 unspecified atom stereocenters. The van der Waals surface area contributed by atoms with Crippen LogP contribution in [0.2, 0.25) is 0 Å². The molecule has 1 N–H and O–H groups in total. The highest BCUT2D eigenvalue weighted by molar-refractivity contribution is 9.10. The molecule has 112 valence electrons. The number of rotatable bonds is 4. The highest BCUT2D eigenvalue weighted by Gasteiger charge is 2.31. The van der Waals surface area contributed by atoms with E-state index in [-0.39, 0.29) is 0 Å². The number of nitrogens with zero attached hydrogens (tertiary/aromatic N) is 1. The van der Waals surface area contributed by atoms with Gasteiger partial charge in [-0.05, 0) is 58.8 Å². The maximum Gasteiger partial charge on any atom is 0.0762 e. The Morgan fingerprint density at radius 2 is 1.85 bits per heavy atom. The molecule has 1 aliphatic heterocycles. The van der Waals surface area contributed by atoms with Crippen LogP contribution in [0.15, 0.2) is 22.7 Å². The third-order valence-electron chi connectivity index (χ3n) is 5.12. The fourth-order valence-corrected chi connectivity index (χ4v) is 3.87. The minimum Gasteiger partial charge on any atom is -0.389 e. The number of piperidine rings is 1. The smallest absolute Gasteiger partial charge is 0.0762 e. The number of benzene rings is 1. The van der Waals surface area contributed by atoms with Gasteiger partial charge in [0.15, 0.2) is 0 Å². The molecule has 0 saturated carbocycles. The van der Waals surface area contributed by atoms with Crippen molar-refractivity contribution in [3.8, 4) is 0 Å². The van der Waals surface area contributed by atoms with Gasteiger partial charge in [0.2, 0.25) is 0 Å². The second-order valence-corrected chi connectivity index (χ2v) is 6.94. The molecule has 1 aliphatic rings. The van der Waals surface area contributed by atoms with Crippen molar-refractivity contribution in [2.45, 2.75) is 52.6 Å². The van der Waals surface area contributed by atoms with Gasteiger partial charge in [-0.15, -0.1) is 0 Å². The molecule has 0 aromatic heterocycles. The van der Waals surface area contributed by atoms with Crippen LogP contribution < -0.4 is 4.90 Å². The van der Waals surface area contributed by atoms with Crippen LogP contribution in [0, 0.1) is 5.41 Å². The molecule has 1 aromatic rings. The third kappa shape index (κ3) is 3.20. The predicted octanol–water partition coefficient (Wildman–Crippen LogP) is 4.91. The van der Waals surface area contributed by atoms with Gasteiger partial charge in [0.1, 0.15) is 0 Å². The molecule has 1 fully saturated rings. The van der Waals surface area contributed by atoms with Crippen molar-refractivity contribution >= 4 is 21.6 Å². The maximum absolute atomic E-state index is 9.65. The summed E-state index contributed by atoms with van der Waals surface area (Å²) in [6, 6.07) is 6.21. The van der Waals surface area contributed by atoms with Crippen molar-refractivity contribution in [2.24, 2.45) is 5.41 Å². The number of anilines is 1. The first-order chi connectivity index (χ1) is 9.51. The van der Waals surface area contributed by atoms with Gasteiger partial charge in [-0.25, -0.2) is 0 Å². The van der Waals surface area contributed by atoms with Crippen molar-refractivity contribution in [2.75, 3.05) is 18.0 Å². The van der Waals surface area contributed by atoms with E-state index >= 15 is 0 Å². The summed E-state index contributed by atoms with van der Waals surface area (Å²) in [5.74, 6) is 0. The van der Waals surface area contributed by atoms with Crippen molar-refractivity contribution < 1.29 is 5.11 Å². The second-order valence-electron chi connectivity index (χ2n) is 6.08. The van der Waals surface area contributed by atoms with Crippen LogP contribution in [-0.4, -0.2) is 18.2 Å². The molecule has 2 nitrogen and oxygen atoms in total. The van der Waals surface area contributed by atoms with E-state index in [9.17, 15) is 5.11 Å². The minimum atomic E-state index is -0.408. The average molecular weight is 340 g/mol. The summed E-state index contributed by atoms with van der Waals surface area (Å²) in [4.78, 5) is 2.47. The van der Waals surface area contributed by atoms with Crippen LogP contribution in [-0.2, 0) is 0 Å². The number of hydrogen-bond donors (Lipinski definition) is 1. The summed E-state index contributed by atoms with van der Waals surface area (Å²) in [6.45, 7) is 8.72. The molecule has 3 heteroatoms. The van der Waals surface area contributed by atoms with E-state index in [1.54, 1.807) is 6.92 Å². The SMILES string of the molecule is CCC1(CC)CCN(c2ccc([C@@H](C)O)cc2Br)CC1. The maximum atomic E-state index is 9.65. The number of aliphatic hydroxyl groups is 1. The van der Waals surface area contributed by atoms with E-state index in [4.69, 9.17) is 0 Å². The fourth-order valence-electron chi connectivity index (χ4n) is 3.22. The molecular weight excluding hydrogens is 314 g/mol. The second kappa shape index (κ2) is 6.48. The summed E-state index contributed by atoms with van der Waals surface area (Å²) in [6.07, 6.45) is 4.74. The largest absolute Gasteiger partial charge is 0.389 e. The first-order valence-corrected chi connectivity index (χ1v) is 8.53. The molecule has 1 saturated heterocycles. The van der Waals surface area contributed by atoms with Crippen molar-refractivity contribution in [3.05, 3.63) is 28.2 Å². The van der Waals surface area contributed by atoms with Gasteiger partial charge < -0.3 is 10.0 Å². The Morgan fingerprint density at radius 3 is 2.30 bits per heavy atom. The topological polar surface area (TPSA) is 23.5 Å². The first kappa shape index (κ1) is 15.8. The quantitative estimate of drug-likeness (QED) is 0.842. The van der Waals surface area contributed by atoms with Crippen LogP contribution >= 0.6 is 15.9 Å². The van der Waals surface area contributed by atoms with Gasteiger partial charge in [0.25, 0.3) is 0 Å². The van der Waals surface area contributed by atoms with Gasteiger partial charge in [0, 0.05) is 17.6 Å². The number of hydrogen-bond acceptors (Lipinski definition) is 2. The van der Waals surface area contributed by atoms with E-state index in [0.717, 1.165) is 23.1 Å². The van der Waals surface area contributed by atoms with Gasteiger partial charge in [-0.3, -0.25) is 0 Å². The van der Waals surface area contributed by atoms with Crippen molar-refractivity contribution in [3.63, 3.8) is 0 Å². The molecule has 0 bridgehead atoms. The first-order valence-electron chi connectivity index (χ1n) is 7.74. The molecule has 0 aliphatic carbocycles. The number of halogens is 1. The molecule has 0 amide bonds. The molecule has 0 radical (unpaired) electrons. The summed E-state index contributed by atoms with van der Waals surface area (Å²) in [7, 11) is 0. The van der Waals surface area contributed by atoms with Gasteiger partial charge >= 0.3 is 0 Å². The average Bonchev–Trinajstić information content (AvgIpc) is 2.47. The Labute approximate surface area is 131 Å². The lowest BCUT2D eigenvalue weighted by Crippen LogP contribution is -2.39. The van der Waals surface area contributed by atoms with Crippen molar-refractivity contribution in [1.29, 1.82) is 0 Å². The zero-order valence-corrected chi connectivity index (χ0v) is 14.4. The lowest BCUT2D eigenvalue weighted by atomic mass is 9.74.